The van der Waals surface area contributed by atoms with E-state index in [9.17, 15) is 0 Å². The van der Waals surface area contributed by atoms with Crippen LogP contribution in [0.25, 0.3) is 5.69 Å². The molecule has 0 atom stereocenters. The van der Waals surface area contributed by atoms with Crippen molar-refractivity contribution in [1.82, 2.24) is 14.8 Å². The molecule has 0 fully saturated rings. The van der Waals surface area contributed by atoms with E-state index in [0.717, 1.165) is 40.7 Å². The first-order valence-corrected chi connectivity index (χ1v) is 12.7. The lowest BCUT2D eigenvalue weighted by Crippen LogP contribution is -2.39. The van der Waals surface area contributed by atoms with Crippen LogP contribution in [0.3, 0.4) is 0 Å². The van der Waals surface area contributed by atoms with E-state index in [1.165, 1.54) is 16.8 Å². The minimum Gasteiger partial charge on any atom is -0.457 e. The Morgan fingerprint density at radius 2 is 1.72 bits per heavy atom. The molecule has 5 rings (SSSR count). The zero-order valence-electron chi connectivity index (χ0n) is 22.4. The first kappa shape index (κ1) is 24.0. The molecule has 0 saturated heterocycles. The van der Waals surface area contributed by atoms with Crippen molar-refractivity contribution in [3.8, 4) is 17.2 Å². The largest absolute Gasteiger partial charge is 0.457 e. The van der Waals surface area contributed by atoms with E-state index < -0.39 is 0 Å². The lowest BCUT2D eigenvalue weighted by molar-refractivity contribution is 0.304. The molecule has 1 aliphatic carbocycles. The molecule has 1 aromatic heterocycles. The summed E-state index contributed by atoms with van der Waals surface area (Å²) in [5, 5.41) is 9.31. The maximum atomic E-state index is 6.50. The average Bonchev–Trinajstić information content (AvgIpc) is 3.38. The van der Waals surface area contributed by atoms with Crippen molar-refractivity contribution >= 4 is 5.69 Å². The summed E-state index contributed by atoms with van der Waals surface area (Å²) in [6, 6.07) is 17.2. The number of allylic oxidation sites excluding steroid dienone is 4. The van der Waals surface area contributed by atoms with Gasteiger partial charge >= 0.3 is 0 Å². The third-order valence-electron chi connectivity index (χ3n) is 6.63. The van der Waals surface area contributed by atoms with E-state index in [1.807, 2.05) is 17.7 Å². The van der Waals surface area contributed by atoms with Crippen LogP contribution < -0.4 is 9.75 Å². The number of fused-ring (bicyclic) bond motifs is 1. The van der Waals surface area contributed by atoms with Gasteiger partial charge in [-0.1, -0.05) is 39.0 Å². The molecule has 2 aliphatic rings. The summed E-state index contributed by atoms with van der Waals surface area (Å²) in [5.41, 5.74) is 7.99. The SMILES string of the molecule is Cc1cc(C)n(-c2cc(Oc3cccc(N4C=C5CC=CC=C5N4C(C)C)c3)cc(C(C)(C)C)c2)n1. The second kappa shape index (κ2) is 9.05. The number of benzene rings is 2. The molecule has 0 radical (unpaired) electrons. The van der Waals surface area contributed by atoms with Gasteiger partial charge in [-0.15, -0.1) is 0 Å². The van der Waals surface area contributed by atoms with E-state index in [-0.39, 0.29) is 5.41 Å². The van der Waals surface area contributed by atoms with E-state index in [4.69, 9.17) is 9.84 Å². The summed E-state index contributed by atoms with van der Waals surface area (Å²) in [5.74, 6) is 1.62. The number of aryl methyl sites for hydroxylation is 2. The highest BCUT2D eigenvalue weighted by Crippen LogP contribution is 2.38. The molecule has 2 aromatic carbocycles. The molecular weight excluding hydrogens is 444 g/mol. The molecule has 1 aliphatic heterocycles. The predicted molar refractivity (Wildman–Crippen MR) is 148 cm³/mol. The molecule has 2 heterocycles. The molecular formula is C31H36N4O. The molecule has 0 N–H and O–H groups in total. The van der Waals surface area contributed by atoms with E-state index in [0.29, 0.717) is 6.04 Å². The molecule has 186 valence electrons. The second-order valence-electron chi connectivity index (χ2n) is 11.0. The Morgan fingerprint density at radius 3 is 2.42 bits per heavy atom. The lowest BCUT2D eigenvalue weighted by Gasteiger charge is -2.35. The molecule has 5 nitrogen and oxygen atoms in total. The number of nitrogens with zero attached hydrogens (tertiary/aromatic N) is 4. The number of ether oxygens (including phenoxy) is 1. The molecule has 0 amide bonds. The predicted octanol–water partition coefficient (Wildman–Crippen LogP) is 7.75. The van der Waals surface area contributed by atoms with E-state index in [1.54, 1.807) is 0 Å². The third-order valence-corrected chi connectivity index (χ3v) is 6.63. The highest BCUT2D eigenvalue weighted by Gasteiger charge is 2.30. The van der Waals surface area contributed by atoms with Gasteiger partial charge in [-0.2, -0.15) is 5.10 Å². The van der Waals surface area contributed by atoms with Crippen LogP contribution in [0.5, 0.6) is 11.5 Å². The van der Waals surface area contributed by atoms with Gasteiger partial charge in [0.2, 0.25) is 0 Å². The Labute approximate surface area is 215 Å². The van der Waals surface area contributed by atoms with Gasteiger partial charge in [0.05, 0.1) is 22.8 Å². The third kappa shape index (κ3) is 4.58. The highest BCUT2D eigenvalue weighted by molar-refractivity contribution is 5.59. The topological polar surface area (TPSA) is 33.5 Å². The minimum absolute atomic E-state index is 0.0242. The first-order valence-electron chi connectivity index (χ1n) is 12.7. The van der Waals surface area contributed by atoms with Crippen LogP contribution in [0.2, 0.25) is 0 Å². The van der Waals surface area contributed by atoms with E-state index >= 15 is 0 Å². The van der Waals surface area contributed by atoms with Crippen molar-refractivity contribution < 1.29 is 4.74 Å². The molecule has 0 spiro atoms. The van der Waals surface area contributed by atoms with Crippen molar-refractivity contribution in [3.05, 3.63) is 101 Å². The van der Waals surface area contributed by atoms with Gasteiger partial charge in [0.15, 0.2) is 0 Å². The summed E-state index contributed by atoms with van der Waals surface area (Å²) < 4.78 is 8.50. The zero-order chi connectivity index (χ0) is 25.6. The van der Waals surface area contributed by atoms with Crippen LogP contribution in [-0.4, -0.2) is 20.8 Å². The van der Waals surface area contributed by atoms with Crippen molar-refractivity contribution in [2.75, 3.05) is 5.01 Å². The lowest BCUT2D eigenvalue weighted by atomic mass is 9.86. The number of hydrazine groups is 1. The van der Waals surface area contributed by atoms with Crippen LogP contribution in [0.15, 0.2) is 84.2 Å². The van der Waals surface area contributed by atoms with Crippen molar-refractivity contribution in [2.24, 2.45) is 0 Å². The molecule has 0 saturated carbocycles. The van der Waals surface area contributed by atoms with Crippen molar-refractivity contribution in [1.29, 1.82) is 0 Å². The monoisotopic (exact) mass is 480 g/mol. The number of rotatable bonds is 5. The summed E-state index contributed by atoms with van der Waals surface area (Å²) in [6.45, 7) is 15.2. The minimum atomic E-state index is -0.0242. The Morgan fingerprint density at radius 1 is 0.944 bits per heavy atom. The number of hydrogen-bond donors (Lipinski definition) is 0. The number of aromatic nitrogens is 2. The number of anilines is 1. The Kier molecular flexibility index (Phi) is 6.03. The highest BCUT2D eigenvalue weighted by atomic mass is 16.5. The Bertz CT molecular complexity index is 1380. The molecule has 0 unspecified atom stereocenters. The Balaban J connectivity index is 1.50. The summed E-state index contributed by atoms with van der Waals surface area (Å²) in [6.07, 6.45) is 9.76. The molecule has 3 aromatic rings. The first-order chi connectivity index (χ1) is 17.1. The van der Waals surface area contributed by atoms with Crippen molar-refractivity contribution in [2.45, 2.75) is 66.3 Å². The van der Waals surface area contributed by atoms with Gasteiger partial charge in [0.25, 0.3) is 0 Å². The quantitative estimate of drug-likeness (QED) is 0.374. The fourth-order valence-electron chi connectivity index (χ4n) is 4.87. The maximum absolute atomic E-state index is 6.50. The molecule has 0 bridgehead atoms. The maximum Gasteiger partial charge on any atom is 0.129 e. The van der Waals surface area contributed by atoms with Gasteiger partial charge in [-0.3, -0.25) is 10.0 Å². The van der Waals surface area contributed by atoms with Crippen LogP contribution in [-0.2, 0) is 5.41 Å². The second-order valence-corrected chi connectivity index (χ2v) is 11.0. The number of hydrogen-bond acceptors (Lipinski definition) is 4. The van der Waals surface area contributed by atoms with Gasteiger partial charge in [-0.25, -0.2) is 4.68 Å². The van der Waals surface area contributed by atoms with Gasteiger partial charge in [0.1, 0.15) is 11.5 Å². The van der Waals surface area contributed by atoms with Crippen LogP contribution in [0, 0.1) is 13.8 Å². The van der Waals surface area contributed by atoms with Crippen LogP contribution >= 0.6 is 0 Å². The average molecular weight is 481 g/mol. The van der Waals surface area contributed by atoms with Gasteiger partial charge in [0, 0.05) is 30.1 Å². The summed E-state index contributed by atoms with van der Waals surface area (Å²) in [4.78, 5) is 0. The van der Waals surface area contributed by atoms with Crippen LogP contribution in [0.1, 0.15) is 58.0 Å². The standard InChI is InChI=1S/C31H36N4O/c1-21(2)35-30-14-9-8-11-24(30)20-33(35)26-12-10-13-28(18-26)36-29-17-25(31(5,6)7)16-27(19-29)34-23(4)15-22(3)32-34/h8-10,12-21H,11H2,1-7H3. The Hall–Kier alpha value is -3.73. The van der Waals surface area contributed by atoms with Crippen molar-refractivity contribution in [3.63, 3.8) is 0 Å². The fourth-order valence-corrected chi connectivity index (χ4v) is 4.87. The van der Waals surface area contributed by atoms with E-state index in [2.05, 4.69) is 118 Å². The smallest absolute Gasteiger partial charge is 0.129 e. The van der Waals surface area contributed by atoms with Gasteiger partial charge in [-0.05, 0) is 87.1 Å². The summed E-state index contributed by atoms with van der Waals surface area (Å²) in [7, 11) is 0. The summed E-state index contributed by atoms with van der Waals surface area (Å²) >= 11 is 0. The normalized spacial score (nSPS) is 15.3. The molecule has 5 heteroatoms. The van der Waals surface area contributed by atoms with Gasteiger partial charge < -0.3 is 4.74 Å². The zero-order valence-corrected chi connectivity index (χ0v) is 22.4. The molecule has 36 heavy (non-hydrogen) atoms. The van der Waals surface area contributed by atoms with Crippen LogP contribution in [0.4, 0.5) is 5.69 Å². The fraction of sp³-hybridized carbons (Fsp3) is 0.323.